The van der Waals surface area contributed by atoms with Crippen molar-refractivity contribution in [2.45, 2.75) is 42.8 Å². The number of aromatic nitrogens is 2. The first kappa shape index (κ1) is 24.7. The molecule has 1 aromatic heterocycles. The van der Waals surface area contributed by atoms with Gasteiger partial charge in [-0.05, 0) is 37.1 Å². The van der Waals surface area contributed by atoms with E-state index in [4.69, 9.17) is 21.4 Å². The van der Waals surface area contributed by atoms with Gasteiger partial charge < -0.3 is 15.2 Å². The van der Waals surface area contributed by atoms with E-state index in [-0.39, 0.29) is 28.5 Å². The molecule has 1 atom stereocenters. The van der Waals surface area contributed by atoms with E-state index in [0.29, 0.717) is 35.2 Å². The van der Waals surface area contributed by atoms with Gasteiger partial charge in [0.2, 0.25) is 0 Å². The van der Waals surface area contributed by atoms with Crippen LogP contribution in [0.1, 0.15) is 32.6 Å². The Balaban J connectivity index is 2.12. The Morgan fingerprint density at radius 2 is 2.00 bits per heavy atom. The predicted molar refractivity (Wildman–Crippen MR) is 124 cm³/mol. The van der Waals surface area contributed by atoms with Crippen molar-refractivity contribution in [1.82, 2.24) is 9.97 Å². The first-order valence-corrected chi connectivity index (χ1v) is 12.1. The van der Waals surface area contributed by atoms with Gasteiger partial charge in [-0.2, -0.15) is 0 Å². The van der Waals surface area contributed by atoms with Gasteiger partial charge in [0.1, 0.15) is 28.6 Å². The van der Waals surface area contributed by atoms with Crippen molar-refractivity contribution in [2.24, 2.45) is 0 Å². The predicted octanol–water partition coefficient (Wildman–Crippen LogP) is 4.98. The highest BCUT2D eigenvalue weighted by atomic mass is 35.5. The SMILES string of the molecule is CCCC(CCC(=O)O)S(=O)(=O)c1cc2c(Nc3ccc(F)c(Cl)c3)ncnc2cc1OC. The molecule has 2 N–H and O–H groups in total. The van der Waals surface area contributed by atoms with Crippen LogP contribution in [0.25, 0.3) is 10.9 Å². The van der Waals surface area contributed by atoms with Crippen molar-refractivity contribution in [3.63, 3.8) is 0 Å². The normalized spacial score (nSPS) is 12.5. The lowest BCUT2D eigenvalue weighted by molar-refractivity contribution is -0.137. The van der Waals surface area contributed by atoms with E-state index >= 15 is 0 Å². The molecule has 0 aliphatic heterocycles. The van der Waals surface area contributed by atoms with Crippen molar-refractivity contribution in [1.29, 1.82) is 0 Å². The van der Waals surface area contributed by atoms with Crippen LogP contribution >= 0.6 is 11.6 Å². The number of nitrogens with one attached hydrogen (secondary N) is 1. The third-order valence-corrected chi connectivity index (χ3v) is 7.71. The quantitative estimate of drug-likeness (QED) is 0.404. The second-order valence-corrected chi connectivity index (χ2v) is 9.99. The van der Waals surface area contributed by atoms with Crippen LogP contribution in [-0.4, -0.2) is 41.8 Å². The number of methoxy groups -OCH3 is 1. The van der Waals surface area contributed by atoms with Crippen LogP contribution in [0.3, 0.4) is 0 Å². The van der Waals surface area contributed by atoms with Gasteiger partial charge in [0.05, 0.1) is 22.9 Å². The van der Waals surface area contributed by atoms with Crippen molar-refractivity contribution in [3.05, 3.63) is 47.5 Å². The molecule has 8 nitrogen and oxygen atoms in total. The highest BCUT2D eigenvalue weighted by Gasteiger charge is 2.31. The average Bonchev–Trinajstić information content (AvgIpc) is 2.78. The molecule has 33 heavy (non-hydrogen) atoms. The number of aliphatic carboxylic acids is 1. The van der Waals surface area contributed by atoms with Crippen molar-refractivity contribution in [2.75, 3.05) is 12.4 Å². The lowest BCUT2D eigenvalue weighted by atomic mass is 10.1. The molecule has 1 unspecified atom stereocenters. The van der Waals surface area contributed by atoms with Gasteiger partial charge in [0, 0.05) is 23.6 Å². The number of sulfone groups is 1. The Kier molecular flexibility index (Phi) is 7.70. The number of fused-ring (bicyclic) bond motifs is 1. The van der Waals surface area contributed by atoms with Crippen molar-refractivity contribution < 1.29 is 27.4 Å². The van der Waals surface area contributed by atoms with Crippen LogP contribution in [0.4, 0.5) is 15.9 Å². The maximum absolute atomic E-state index is 13.5. The first-order valence-electron chi connectivity index (χ1n) is 10.2. The van der Waals surface area contributed by atoms with E-state index in [9.17, 15) is 17.6 Å². The zero-order valence-corrected chi connectivity index (χ0v) is 19.6. The Labute approximate surface area is 195 Å². The number of carboxylic acid groups (broad SMARTS) is 1. The number of ether oxygens (including phenoxy) is 1. The molecule has 0 saturated heterocycles. The van der Waals surface area contributed by atoms with E-state index in [1.807, 2.05) is 6.92 Å². The molecule has 1 heterocycles. The molecule has 0 aliphatic rings. The largest absolute Gasteiger partial charge is 0.495 e. The minimum absolute atomic E-state index is 0.0167. The highest BCUT2D eigenvalue weighted by molar-refractivity contribution is 7.92. The summed E-state index contributed by atoms with van der Waals surface area (Å²) < 4.78 is 45.9. The number of nitrogens with zero attached hydrogens (tertiary/aromatic N) is 2. The van der Waals surface area contributed by atoms with Gasteiger partial charge in [-0.3, -0.25) is 4.79 Å². The molecule has 0 fully saturated rings. The summed E-state index contributed by atoms with van der Waals surface area (Å²) in [5.74, 6) is -1.24. The summed E-state index contributed by atoms with van der Waals surface area (Å²) in [6, 6.07) is 6.97. The number of hydrogen-bond donors (Lipinski definition) is 2. The molecule has 0 amide bonds. The summed E-state index contributed by atoms with van der Waals surface area (Å²) in [6.07, 6.45) is 1.90. The monoisotopic (exact) mass is 495 g/mol. The maximum atomic E-state index is 13.5. The van der Waals surface area contributed by atoms with E-state index in [0.717, 1.165) is 0 Å². The Morgan fingerprint density at radius 1 is 1.24 bits per heavy atom. The average molecular weight is 496 g/mol. The van der Waals surface area contributed by atoms with Crippen LogP contribution in [-0.2, 0) is 14.6 Å². The maximum Gasteiger partial charge on any atom is 0.303 e. The number of benzene rings is 2. The van der Waals surface area contributed by atoms with Gasteiger partial charge in [0.15, 0.2) is 9.84 Å². The van der Waals surface area contributed by atoms with E-state index in [1.54, 1.807) is 0 Å². The number of rotatable bonds is 10. The molecule has 3 aromatic rings. The molecule has 11 heteroatoms. The van der Waals surface area contributed by atoms with Gasteiger partial charge >= 0.3 is 5.97 Å². The lowest BCUT2D eigenvalue weighted by Gasteiger charge is -2.19. The molecule has 0 spiro atoms. The van der Waals surface area contributed by atoms with Crippen molar-refractivity contribution >= 4 is 49.8 Å². The Hall–Kier alpha value is -2.98. The van der Waals surface area contributed by atoms with Gasteiger partial charge in [-0.1, -0.05) is 24.9 Å². The minimum atomic E-state index is -3.94. The van der Waals surface area contributed by atoms with Gasteiger partial charge in [0.25, 0.3) is 0 Å². The number of carboxylic acids is 1. The lowest BCUT2D eigenvalue weighted by Crippen LogP contribution is -2.23. The van der Waals surface area contributed by atoms with Crippen LogP contribution < -0.4 is 10.1 Å². The second kappa shape index (κ2) is 10.3. The smallest absolute Gasteiger partial charge is 0.303 e. The number of anilines is 2. The molecule has 0 radical (unpaired) electrons. The summed E-state index contributed by atoms with van der Waals surface area (Å²) in [4.78, 5) is 19.4. The highest BCUT2D eigenvalue weighted by Crippen LogP contribution is 2.36. The zero-order chi connectivity index (χ0) is 24.2. The van der Waals surface area contributed by atoms with Crippen LogP contribution in [0.2, 0.25) is 5.02 Å². The summed E-state index contributed by atoms with van der Waals surface area (Å²) in [7, 11) is -2.58. The summed E-state index contributed by atoms with van der Waals surface area (Å²) in [5, 5.41) is 11.5. The van der Waals surface area contributed by atoms with E-state index in [2.05, 4.69) is 15.3 Å². The molecule has 2 aromatic carbocycles. The molecule has 0 bridgehead atoms. The molecule has 176 valence electrons. The number of hydrogen-bond acceptors (Lipinski definition) is 7. The molecule has 0 aliphatic carbocycles. The minimum Gasteiger partial charge on any atom is -0.495 e. The topological polar surface area (TPSA) is 118 Å². The Morgan fingerprint density at radius 3 is 2.64 bits per heavy atom. The number of halogens is 2. The van der Waals surface area contributed by atoms with Crippen LogP contribution in [0.15, 0.2) is 41.6 Å². The molecule has 0 saturated carbocycles. The fraction of sp³-hybridized carbons (Fsp3) is 0.318. The van der Waals surface area contributed by atoms with E-state index in [1.165, 1.54) is 43.8 Å². The summed E-state index contributed by atoms with van der Waals surface area (Å²) in [6.45, 7) is 1.84. The summed E-state index contributed by atoms with van der Waals surface area (Å²) in [5.41, 5.74) is 0.876. The summed E-state index contributed by atoms with van der Waals surface area (Å²) >= 11 is 5.85. The van der Waals surface area contributed by atoms with Gasteiger partial charge in [-0.25, -0.2) is 22.8 Å². The standard InChI is InChI=1S/C22H23ClFN3O5S/c1-3-4-14(6-8-21(28)29)33(30,31)20-10-15-18(11-19(20)32-2)25-12-26-22(15)27-13-5-7-17(24)16(23)9-13/h5,7,9-12,14H,3-4,6,8H2,1-2H3,(H,28,29)(H,25,26,27). The van der Waals surface area contributed by atoms with Crippen LogP contribution in [0.5, 0.6) is 5.75 Å². The first-order chi connectivity index (χ1) is 15.7. The third kappa shape index (κ3) is 5.51. The number of carbonyl (C=O) groups is 1. The molecular formula is C22H23ClFN3O5S. The molecule has 3 rings (SSSR count). The second-order valence-electron chi connectivity index (χ2n) is 7.38. The molecular weight excluding hydrogens is 473 g/mol. The van der Waals surface area contributed by atoms with Crippen LogP contribution in [0, 0.1) is 5.82 Å². The van der Waals surface area contributed by atoms with Crippen molar-refractivity contribution in [3.8, 4) is 5.75 Å². The Bertz CT molecular complexity index is 1290. The van der Waals surface area contributed by atoms with E-state index < -0.39 is 26.9 Å². The third-order valence-electron chi connectivity index (χ3n) is 5.14. The fourth-order valence-electron chi connectivity index (χ4n) is 3.50. The zero-order valence-electron chi connectivity index (χ0n) is 18.0. The van der Waals surface area contributed by atoms with Gasteiger partial charge in [-0.15, -0.1) is 0 Å². The fourth-order valence-corrected chi connectivity index (χ4v) is 5.72.